The van der Waals surface area contributed by atoms with Gasteiger partial charge in [-0.2, -0.15) is 0 Å². The van der Waals surface area contributed by atoms with Gasteiger partial charge < -0.3 is 10.2 Å². The minimum atomic E-state index is 0.184. The molecule has 0 fully saturated rings. The molecule has 0 heterocycles. The molecule has 1 unspecified atom stereocenters. The average Bonchev–Trinajstić information content (AvgIpc) is 2.04. The van der Waals surface area contributed by atoms with Crippen molar-refractivity contribution in [3.05, 3.63) is 0 Å². The fraction of sp³-hybridized carbons (Fsp3) is 1.00. The minimum Gasteiger partial charge on any atom is -0.396 e. The van der Waals surface area contributed by atoms with Crippen LogP contribution < -0.4 is 0 Å². The molecule has 0 aromatic heterocycles. The van der Waals surface area contributed by atoms with Crippen molar-refractivity contribution < 1.29 is 10.2 Å². The maximum absolute atomic E-state index is 9.03. The van der Waals surface area contributed by atoms with E-state index in [1.807, 2.05) is 6.92 Å². The summed E-state index contributed by atoms with van der Waals surface area (Å²) < 4.78 is 0. The molecule has 2 heteroatoms. The molecule has 0 spiro atoms. The Morgan fingerprint density at radius 1 is 0.917 bits per heavy atom. The first-order valence-corrected chi connectivity index (χ1v) is 4.83. The van der Waals surface area contributed by atoms with Crippen LogP contribution in [0.2, 0.25) is 0 Å². The molecule has 0 radical (unpaired) electrons. The van der Waals surface area contributed by atoms with Gasteiger partial charge in [0.2, 0.25) is 0 Å². The minimum absolute atomic E-state index is 0.184. The molecule has 0 saturated heterocycles. The van der Waals surface area contributed by atoms with Crippen LogP contribution in [0.15, 0.2) is 0 Å². The summed E-state index contributed by atoms with van der Waals surface area (Å²) in [6, 6.07) is 0. The van der Waals surface area contributed by atoms with E-state index in [0.29, 0.717) is 5.92 Å². The molecule has 0 rings (SSSR count). The first-order chi connectivity index (χ1) is 5.61. The number of aliphatic hydroxyl groups excluding tert-OH is 2. The highest BCUT2D eigenvalue weighted by atomic mass is 16.3. The molecule has 0 aliphatic rings. The van der Waals surface area contributed by atoms with Crippen LogP contribution >= 0.6 is 0 Å². The first kappa shape index (κ1) is 11.9. The Balaban J connectivity index is 3.67. The number of rotatable bonds is 6. The van der Waals surface area contributed by atoms with Crippen LogP contribution in [0.4, 0.5) is 0 Å². The molecule has 12 heavy (non-hydrogen) atoms. The van der Waals surface area contributed by atoms with Crippen LogP contribution in [0.5, 0.6) is 0 Å². The third-order valence-electron chi connectivity index (χ3n) is 2.44. The van der Waals surface area contributed by atoms with Crippen molar-refractivity contribution in [3.8, 4) is 0 Å². The van der Waals surface area contributed by atoms with E-state index in [0.717, 1.165) is 12.8 Å². The summed E-state index contributed by atoms with van der Waals surface area (Å²) in [6.07, 6.45) is 2.16. The van der Waals surface area contributed by atoms with Gasteiger partial charge in [-0.3, -0.25) is 0 Å². The van der Waals surface area contributed by atoms with E-state index >= 15 is 0 Å². The summed E-state index contributed by atoms with van der Waals surface area (Å²) >= 11 is 0. The number of aliphatic hydroxyl groups is 2. The molecule has 74 valence electrons. The normalized spacial score (nSPS) is 16.5. The molecule has 0 aliphatic heterocycles. The van der Waals surface area contributed by atoms with Crippen molar-refractivity contribution in [3.63, 3.8) is 0 Å². The predicted octanol–water partition coefficient (Wildman–Crippen LogP) is 1.66. The number of hydrogen-bond donors (Lipinski definition) is 2. The fourth-order valence-electron chi connectivity index (χ4n) is 1.25. The van der Waals surface area contributed by atoms with Crippen LogP contribution in [-0.2, 0) is 0 Å². The molecular formula is C10H22O2. The van der Waals surface area contributed by atoms with Gasteiger partial charge in [0, 0.05) is 13.2 Å². The van der Waals surface area contributed by atoms with Crippen LogP contribution in [0.3, 0.4) is 0 Å². The summed E-state index contributed by atoms with van der Waals surface area (Å²) in [7, 11) is 0. The van der Waals surface area contributed by atoms with Crippen molar-refractivity contribution in [2.75, 3.05) is 13.2 Å². The predicted molar refractivity (Wildman–Crippen MR) is 50.9 cm³/mol. The second-order valence-corrected chi connectivity index (χ2v) is 4.07. The molecule has 2 nitrogen and oxygen atoms in total. The Kier molecular flexibility index (Phi) is 6.39. The summed E-state index contributed by atoms with van der Waals surface area (Å²) in [5.41, 5.74) is 0. The smallest absolute Gasteiger partial charge is 0.0462 e. The van der Waals surface area contributed by atoms with Crippen LogP contribution in [0.25, 0.3) is 0 Å². The quantitative estimate of drug-likeness (QED) is 0.643. The van der Waals surface area contributed by atoms with Crippen molar-refractivity contribution >= 4 is 0 Å². The fourth-order valence-corrected chi connectivity index (χ4v) is 1.25. The molecule has 0 aliphatic carbocycles. The molecule has 0 amide bonds. The third kappa shape index (κ3) is 4.73. The van der Waals surface area contributed by atoms with Gasteiger partial charge in [0.05, 0.1) is 0 Å². The monoisotopic (exact) mass is 174 g/mol. The Bertz CT molecular complexity index is 102. The Labute approximate surface area is 75.6 Å². The van der Waals surface area contributed by atoms with Gasteiger partial charge in [-0.1, -0.05) is 27.2 Å². The lowest BCUT2D eigenvalue weighted by atomic mass is 9.89. The van der Waals surface area contributed by atoms with Crippen molar-refractivity contribution in [1.82, 2.24) is 0 Å². The lowest BCUT2D eigenvalue weighted by Crippen LogP contribution is -2.19. The Morgan fingerprint density at radius 2 is 1.50 bits per heavy atom. The van der Waals surface area contributed by atoms with Crippen LogP contribution in [-0.4, -0.2) is 23.4 Å². The van der Waals surface area contributed by atoms with E-state index in [-0.39, 0.29) is 25.0 Å². The molecule has 2 atom stereocenters. The number of hydrogen-bond acceptors (Lipinski definition) is 2. The second kappa shape index (κ2) is 6.44. The molecule has 0 saturated carbocycles. The molecule has 0 aromatic carbocycles. The summed E-state index contributed by atoms with van der Waals surface area (Å²) in [5.74, 6) is 1.19. The average molecular weight is 174 g/mol. The Hall–Kier alpha value is -0.0800. The van der Waals surface area contributed by atoms with E-state index in [1.165, 1.54) is 0 Å². The van der Waals surface area contributed by atoms with Gasteiger partial charge in [0.1, 0.15) is 0 Å². The zero-order valence-electron chi connectivity index (χ0n) is 8.45. The molecule has 0 bridgehead atoms. The topological polar surface area (TPSA) is 40.5 Å². The second-order valence-electron chi connectivity index (χ2n) is 4.07. The first-order valence-electron chi connectivity index (χ1n) is 4.83. The van der Waals surface area contributed by atoms with Gasteiger partial charge in [0.25, 0.3) is 0 Å². The standard InChI is InChI=1S/C10H22O2/c1-8(2)4-5-10(7-12)9(3)6-11/h8-12H,4-7H2,1-3H3/t9?,10-/m0/s1. The maximum Gasteiger partial charge on any atom is 0.0462 e. The maximum atomic E-state index is 9.03. The van der Waals surface area contributed by atoms with Gasteiger partial charge in [0.15, 0.2) is 0 Å². The Morgan fingerprint density at radius 3 is 1.83 bits per heavy atom. The summed E-state index contributed by atoms with van der Waals surface area (Å²) in [4.78, 5) is 0. The van der Waals surface area contributed by atoms with E-state index in [9.17, 15) is 0 Å². The van der Waals surface area contributed by atoms with E-state index in [1.54, 1.807) is 0 Å². The highest BCUT2D eigenvalue weighted by Gasteiger charge is 2.15. The highest BCUT2D eigenvalue weighted by molar-refractivity contribution is 4.65. The molecular weight excluding hydrogens is 152 g/mol. The van der Waals surface area contributed by atoms with E-state index < -0.39 is 0 Å². The van der Waals surface area contributed by atoms with Crippen LogP contribution in [0.1, 0.15) is 33.6 Å². The van der Waals surface area contributed by atoms with Crippen molar-refractivity contribution in [2.45, 2.75) is 33.6 Å². The zero-order chi connectivity index (χ0) is 9.56. The zero-order valence-corrected chi connectivity index (χ0v) is 8.45. The van der Waals surface area contributed by atoms with Gasteiger partial charge in [-0.05, 0) is 24.2 Å². The van der Waals surface area contributed by atoms with E-state index in [2.05, 4.69) is 13.8 Å². The third-order valence-corrected chi connectivity index (χ3v) is 2.44. The molecule has 2 N–H and O–H groups in total. The van der Waals surface area contributed by atoms with Crippen molar-refractivity contribution in [1.29, 1.82) is 0 Å². The van der Waals surface area contributed by atoms with Gasteiger partial charge in [-0.15, -0.1) is 0 Å². The van der Waals surface area contributed by atoms with Crippen LogP contribution in [0, 0.1) is 17.8 Å². The lowest BCUT2D eigenvalue weighted by molar-refractivity contribution is 0.120. The van der Waals surface area contributed by atoms with Crippen molar-refractivity contribution in [2.24, 2.45) is 17.8 Å². The SMILES string of the molecule is CC(C)CC[C@@H](CO)C(C)CO. The largest absolute Gasteiger partial charge is 0.396 e. The summed E-state index contributed by atoms with van der Waals surface area (Å²) in [6.45, 7) is 6.73. The molecule has 0 aromatic rings. The highest BCUT2D eigenvalue weighted by Crippen LogP contribution is 2.19. The van der Waals surface area contributed by atoms with E-state index in [4.69, 9.17) is 10.2 Å². The lowest BCUT2D eigenvalue weighted by Gasteiger charge is -2.20. The van der Waals surface area contributed by atoms with Gasteiger partial charge >= 0.3 is 0 Å². The summed E-state index contributed by atoms with van der Waals surface area (Å²) in [5, 5.41) is 17.9. The van der Waals surface area contributed by atoms with Gasteiger partial charge in [-0.25, -0.2) is 0 Å².